The third-order valence-corrected chi connectivity index (χ3v) is 0.990. The number of hydrogen-bond donors (Lipinski definition) is 0. The summed E-state index contributed by atoms with van der Waals surface area (Å²) in [5, 5.41) is 9.79. The zero-order valence-corrected chi connectivity index (χ0v) is 6.39. The molecule has 0 fully saturated rings. The van der Waals surface area contributed by atoms with Crippen LogP contribution >= 0.6 is 0 Å². The van der Waals surface area contributed by atoms with Crippen LogP contribution in [0, 0.1) is 0 Å². The van der Waals surface area contributed by atoms with Gasteiger partial charge in [0.25, 0.3) is 0 Å². The van der Waals surface area contributed by atoms with E-state index in [2.05, 4.69) is 25.9 Å². The maximum atomic E-state index is 9.79. The first-order chi connectivity index (χ1) is 4.06. The number of hydrogen-bond acceptors (Lipinski definition) is 2. The SMILES string of the molecule is C[N+](C)(C)CCOC[O-]. The second kappa shape index (κ2) is 3.82. The highest BCUT2D eigenvalue weighted by Crippen LogP contribution is 1.87. The van der Waals surface area contributed by atoms with Gasteiger partial charge in [-0.3, -0.25) is 0 Å². The van der Waals surface area contributed by atoms with Gasteiger partial charge in [-0.2, -0.15) is 0 Å². The van der Waals surface area contributed by atoms with E-state index in [4.69, 9.17) is 0 Å². The molecule has 9 heavy (non-hydrogen) atoms. The molecule has 0 amide bonds. The zero-order valence-electron chi connectivity index (χ0n) is 6.39. The molecule has 0 unspecified atom stereocenters. The zero-order chi connectivity index (χ0) is 7.33. The van der Waals surface area contributed by atoms with Crippen molar-refractivity contribution in [3.63, 3.8) is 0 Å². The van der Waals surface area contributed by atoms with Gasteiger partial charge in [0, 0.05) is 0 Å². The van der Waals surface area contributed by atoms with E-state index in [0.717, 1.165) is 11.0 Å². The molecule has 3 nitrogen and oxygen atoms in total. The molecule has 0 spiro atoms. The lowest BCUT2D eigenvalue weighted by atomic mass is 10.5. The molecule has 0 saturated carbocycles. The highest BCUT2D eigenvalue weighted by molar-refractivity contribution is 4.23. The second-order valence-corrected chi connectivity index (χ2v) is 3.04. The van der Waals surface area contributed by atoms with Gasteiger partial charge in [0.1, 0.15) is 6.54 Å². The van der Waals surface area contributed by atoms with Crippen molar-refractivity contribution in [1.29, 1.82) is 0 Å². The Morgan fingerprint density at radius 1 is 1.33 bits per heavy atom. The van der Waals surface area contributed by atoms with Crippen LogP contribution in [0.3, 0.4) is 0 Å². The summed E-state index contributed by atoms with van der Waals surface area (Å²) >= 11 is 0. The van der Waals surface area contributed by atoms with Crippen LogP contribution in [-0.4, -0.2) is 45.6 Å². The van der Waals surface area contributed by atoms with Crippen LogP contribution in [0.1, 0.15) is 0 Å². The van der Waals surface area contributed by atoms with Crippen LogP contribution < -0.4 is 5.11 Å². The molecular weight excluding hydrogens is 118 g/mol. The summed E-state index contributed by atoms with van der Waals surface area (Å²) in [5.74, 6) is 0. The first kappa shape index (κ1) is 8.88. The minimum atomic E-state index is -0.417. The standard InChI is InChI=1S/C6H15NO2/c1-7(2,3)4-5-9-6-8/h4-6H2,1-3H3. The van der Waals surface area contributed by atoms with Gasteiger partial charge in [-0.15, -0.1) is 0 Å². The van der Waals surface area contributed by atoms with Crippen LogP contribution in [0.4, 0.5) is 0 Å². The van der Waals surface area contributed by atoms with Crippen molar-refractivity contribution >= 4 is 0 Å². The van der Waals surface area contributed by atoms with E-state index < -0.39 is 6.79 Å². The van der Waals surface area contributed by atoms with Gasteiger partial charge in [-0.05, 0) is 6.79 Å². The van der Waals surface area contributed by atoms with Gasteiger partial charge >= 0.3 is 0 Å². The lowest BCUT2D eigenvalue weighted by Crippen LogP contribution is -2.38. The van der Waals surface area contributed by atoms with Gasteiger partial charge in [0.2, 0.25) is 0 Å². The second-order valence-electron chi connectivity index (χ2n) is 3.04. The largest absolute Gasteiger partial charge is 0.834 e. The van der Waals surface area contributed by atoms with Crippen molar-refractivity contribution in [2.24, 2.45) is 0 Å². The molecular formula is C6H15NO2. The molecule has 0 aromatic rings. The van der Waals surface area contributed by atoms with E-state index in [1.165, 1.54) is 0 Å². The molecule has 0 saturated heterocycles. The van der Waals surface area contributed by atoms with Crippen molar-refractivity contribution < 1.29 is 14.3 Å². The molecule has 0 aliphatic rings. The normalized spacial score (nSPS) is 12.0. The van der Waals surface area contributed by atoms with Gasteiger partial charge < -0.3 is 14.3 Å². The molecule has 0 heterocycles. The van der Waals surface area contributed by atoms with E-state index in [1.54, 1.807) is 0 Å². The average molecular weight is 133 g/mol. The monoisotopic (exact) mass is 133 g/mol. The Morgan fingerprint density at radius 3 is 2.22 bits per heavy atom. The third kappa shape index (κ3) is 7.88. The predicted molar refractivity (Wildman–Crippen MR) is 33.7 cm³/mol. The van der Waals surface area contributed by atoms with E-state index in [9.17, 15) is 5.11 Å². The van der Waals surface area contributed by atoms with Crippen molar-refractivity contribution in [2.75, 3.05) is 41.1 Å². The fraction of sp³-hybridized carbons (Fsp3) is 1.00. The smallest absolute Gasteiger partial charge is 0.102 e. The first-order valence-electron chi connectivity index (χ1n) is 3.02. The fourth-order valence-electron chi connectivity index (χ4n) is 0.397. The maximum absolute atomic E-state index is 9.79. The summed E-state index contributed by atoms with van der Waals surface area (Å²) in [7, 11) is 6.19. The number of rotatable bonds is 4. The quantitative estimate of drug-likeness (QED) is 0.281. The number of nitrogens with zero attached hydrogens (tertiary/aromatic N) is 1. The Bertz CT molecular complexity index is 67.9. The summed E-state index contributed by atoms with van der Waals surface area (Å²) < 4.78 is 5.49. The van der Waals surface area contributed by atoms with Crippen molar-refractivity contribution in [3.05, 3.63) is 0 Å². The fourth-order valence-corrected chi connectivity index (χ4v) is 0.397. The van der Waals surface area contributed by atoms with Crippen LogP contribution in [0.25, 0.3) is 0 Å². The van der Waals surface area contributed by atoms with Gasteiger partial charge in [-0.25, -0.2) is 0 Å². The van der Waals surface area contributed by atoms with Crippen LogP contribution in [-0.2, 0) is 4.74 Å². The summed E-state index contributed by atoms with van der Waals surface area (Å²) in [6.45, 7) is 1.04. The summed E-state index contributed by atoms with van der Waals surface area (Å²) in [6, 6.07) is 0. The summed E-state index contributed by atoms with van der Waals surface area (Å²) in [4.78, 5) is 0. The Balaban J connectivity index is 3.07. The van der Waals surface area contributed by atoms with Gasteiger partial charge in [0.15, 0.2) is 0 Å². The molecule has 0 aromatic heterocycles. The molecule has 0 aromatic carbocycles. The molecule has 0 rings (SSSR count). The average Bonchev–Trinajstić information content (AvgIpc) is 1.63. The Morgan fingerprint density at radius 2 is 1.89 bits per heavy atom. The van der Waals surface area contributed by atoms with E-state index in [1.807, 2.05) is 0 Å². The van der Waals surface area contributed by atoms with Crippen LogP contribution in [0.2, 0.25) is 0 Å². The molecule has 3 heteroatoms. The maximum Gasteiger partial charge on any atom is 0.102 e. The van der Waals surface area contributed by atoms with Crippen LogP contribution in [0.5, 0.6) is 0 Å². The number of ether oxygens (including phenoxy) is 1. The first-order valence-corrected chi connectivity index (χ1v) is 3.02. The minimum absolute atomic E-state index is 0.417. The molecule has 56 valence electrons. The topological polar surface area (TPSA) is 32.3 Å². The predicted octanol–water partition coefficient (Wildman–Crippen LogP) is -0.973. The van der Waals surface area contributed by atoms with E-state index in [0.29, 0.717) is 6.61 Å². The molecule has 0 N–H and O–H groups in total. The molecule has 0 aliphatic heterocycles. The summed E-state index contributed by atoms with van der Waals surface area (Å²) in [5.41, 5.74) is 0. The van der Waals surface area contributed by atoms with Crippen molar-refractivity contribution in [3.8, 4) is 0 Å². The van der Waals surface area contributed by atoms with Gasteiger partial charge in [-0.1, -0.05) is 0 Å². The van der Waals surface area contributed by atoms with E-state index in [-0.39, 0.29) is 0 Å². The third-order valence-electron chi connectivity index (χ3n) is 0.990. The highest BCUT2D eigenvalue weighted by Gasteiger charge is 2.03. The lowest BCUT2D eigenvalue weighted by molar-refractivity contribution is -0.871. The molecule has 0 aliphatic carbocycles. The number of quaternary nitrogens is 1. The van der Waals surface area contributed by atoms with E-state index >= 15 is 0 Å². The Hall–Kier alpha value is -0.120. The van der Waals surface area contributed by atoms with Crippen molar-refractivity contribution in [2.45, 2.75) is 0 Å². The Kier molecular flexibility index (Phi) is 3.77. The Labute approximate surface area is 56.4 Å². The summed E-state index contributed by atoms with van der Waals surface area (Å²) in [6.07, 6.45) is 0. The number of likely N-dealkylation sites (N-methyl/N-ethyl adjacent to an activating group) is 1. The van der Waals surface area contributed by atoms with Crippen LogP contribution in [0.15, 0.2) is 0 Å². The highest BCUT2D eigenvalue weighted by atomic mass is 16.6. The van der Waals surface area contributed by atoms with Gasteiger partial charge in [0.05, 0.1) is 27.7 Å². The molecule has 0 bridgehead atoms. The lowest BCUT2D eigenvalue weighted by Gasteiger charge is -2.23. The molecule has 0 radical (unpaired) electrons. The molecule has 0 atom stereocenters. The van der Waals surface area contributed by atoms with Crippen molar-refractivity contribution in [1.82, 2.24) is 0 Å². The minimum Gasteiger partial charge on any atom is -0.834 e.